The van der Waals surface area contributed by atoms with E-state index in [2.05, 4.69) is 6.92 Å². The molecular formula is C13H18ClNO2S. The van der Waals surface area contributed by atoms with Crippen molar-refractivity contribution in [1.29, 1.82) is 0 Å². The summed E-state index contributed by atoms with van der Waals surface area (Å²) in [6, 6.07) is 6.97. The van der Waals surface area contributed by atoms with Crippen molar-refractivity contribution in [1.82, 2.24) is 4.31 Å². The molecule has 3 nitrogen and oxygen atoms in total. The van der Waals surface area contributed by atoms with E-state index in [1.807, 2.05) is 6.07 Å². The molecule has 1 aromatic carbocycles. The van der Waals surface area contributed by atoms with Gasteiger partial charge in [0.1, 0.15) is 0 Å². The fourth-order valence-electron chi connectivity index (χ4n) is 2.23. The molecule has 1 aliphatic rings. The fourth-order valence-corrected chi connectivity index (χ4v) is 4.23. The largest absolute Gasteiger partial charge is 0.243 e. The second-order valence-electron chi connectivity index (χ2n) is 4.83. The van der Waals surface area contributed by atoms with Crippen LogP contribution in [-0.2, 0) is 15.9 Å². The average Bonchev–Trinajstić information content (AvgIpc) is 2.39. The molecule has 0 radical (unpaired) electrons. The second-order valence-corrected chi connectivity index (χ2v) is 7.00. The molecule has 0 unspecified atom stereocenters. The molecule has 0 aromatic heterocycles. The standard InChI is InChI=1S/C13H18ClNO2S/c1-11-6-8-15(9-7-11)18(16,17)13-5-3-2-4-12(13)10-14/h2-5,11H,6-10H2,1H3. The van der Waals surface area contributed by atoms with Gasteiger partial charge in [-0.1, -0.05) is 25.1 Å². The third-order valence-electron chi connectivity index (χ3n) is 3.48. The molecule has 100 valence electrons. The van der Waals surface area contributed by atoms with E-state index in [0.29, 0.717) is 29.5 Å². The van der Waals surface area contributed by atoms with Crippen molar-refractivity contribution in [3.63, 3.8) is 0 Å². The highest BCUT2D eigenvalue weighted by Gasteiger charge is 2.29. The van der Waals surface area contributed by atoms with Crippen molar-refractivity contribution in [3.05, 3.63) is 29.8 Å². The first-order valence-electron chi connectivity index (χ1n) is 6.19. The van der Waals surface area contributed by atoms with Crippen LogP contribution in [0.5, 0.6) is 0 Å². The zero-order valence-electron chi connectivity index (χ0n) is 10.5. The Hall–Kier alpha value is -0.580. The average molecular weight is 288 g/mol. The van der Waals surface area contributed by atoms with Gasteiger partial charge < -0.3 is 0 Å². The zero-order chi connectivity index (χ0) is 13.2. The van der Waals surface area contributed by atoms with Crippen LogP contribution in [0.1, 0.15) is 25.3 Å². The molecule has 18 heavy (non-hydrogen) atoms. The summed E-state index contributed by atoms with van der Waals surface area (Å²) < 4.78 is 26.7. The minimum absolute atomic E-state index is 0.222. The van der Waals surface area contributed by atoms with Crippen molar-refractivity contribution < 1.29 is 8.42 Å². The lowest BCUT2D eigenvalue weighted by Crippen LogP contribution is -2.38. The van der Waals surface area contributed by atoms with Gasteiger partial charge in [0.15, 0.2) is 0 Å². The van der Waals surface area contributed by atoms with Crippen molar-refractivity contribution in [3.8, 4) is 0 Å². The van der Waals surface area contributed by atoms with E-state index in [0.717, 1.165) is 12.8 Å². The topological polar surface area (TPSA) is 37.4 Å². The summed E-state index contributed by atoms with van der Waals surface area (Å²) in [7, 11) is -3.38. The molecule has 0 atom stereocenters. The van der Waals surface area contributed by atoms with Crippen LogP contribution in [0.3, 0.4) is 0 Å². The SMILES string of the molecule is CC1CCN(S(=O)(=O)c2ccccc2CCl)CC1. The van der Waals surface area contributed by atoms with Crippen LogP contribution in [0.25, 0.3) is 0 Å². The van der Waals surface area contributed by atoms with Gasteiger partial charge in [-0.05, 0) is 30.4 Å². The maximum atomic E-state index is 12.5. The van der Waals surface area contributed by atoms with E-state index in [1.54, 1.807) is 22.5 Å². The van der Waals surface area contributed by atoms with E-state index in [1.165, 1.54) is 0 Å². The minimum atomic E-state index is -3.38. The van der Waals surface area contributed by atoms with Crippen LogP contribution in [-0.4, -0.2) is 25.8 Å². The number of nitrogens with zero attached hydrogens (tertiary/aromatic N) is 1. The van der Waals surface area contributed by atoms with Crippen molar-refractivity contribution in [2.24, 2.45) is 5.92 Å². The molecule has 0 amide bonds. The number of halogens is 1. The number of rotatable bonds is 3. The van der Waals surface area contributed by atoms with Crippen LogP contribution in [0, 0.1) is 5.92 Å². The number of hydrogen-bond donors (Lipinski definition) is 0. The van der Waals surface area contributed by atoms with E-state index in [4.69, 9.17) is 11.6 Å². The molecule has 0 N–H and O–H groups in total. The Labute approximate surface area is 114 Å². The summed E-state index contributed by atoms with van der Waals surface area (Å²) in [6.07, 6.45) is 1.87. The number of piperidine rings is 1. The summed E-state index contributed by atoms with van der Waals surface area (Å²) in [5, 5.41) is 0. The zero-order valence-corrected chi connectivity index (χ0v) is 12.0. The van der Waals surface area contributed by atoms with E-state index >= 15 is 0 Å². The van der Waals surface area contributed by atoms with Crippen LogP contribution < -0.4 is 0 Å². The third kappa shape index (κ3) is 2.71. The van der Waals surface area contributed by atoms with Gasteiger partial charge in [0.25, 0.3) is 0 Å². The molecule has 1 saturated heterocycles. The molecule has 0 saturated carbocycles. The van der Waals surface area contributed by atoms with Crippen molar-refractivity contribution in [2.45, 2.75) is 30.5 Å². The van der Waals surface area contributed by atoms with Crippen LogP contribution in [0.2, 0.25) is 0 Å². The molecule has 2 rings (SSSR count). The fraction of sp³-hybridized carbons (Fsp3) is 0.538. The van der Waals surface area contributed by atoms with E-state index < -0.39 is 10.0 Å². The van der Waals surface area contributed by atoms with Gasteiger partial charge in [0.2, 0.25) is 10.0 Å². The molecule has 5 heteroatoms. The predicted octanol–water partition coefficient (Wildman–Crippen LogP) is 2.85. The number of hydrogen-bond acceptors (Lipinski definition) is 2. The Kier molecular flexibility index (Phi) is 4.30. The monoisotopic (exact) mass is 287 g/mol. The molecule has 1 aromatic rings. The smallest absolute Gasteiger partial charge is 0.207 e. The van der Waals surface area contributed by atoms with Gasteiger partial charge in [-0.25, -0.2) is 8.42 Å². The van der Waals surface area contributed by atoms with Crippen LogP contribution in [0.15, 0.2) is 29.2 Å². The Morgan fingerprint density at radius 2 is 1.89 bits per heavy atom. The van der Waals surface area contributed by atoms with Crippen molar-refractivity contribution >= 4 is 21.6 Å². The Morgan fingerprint density at radius 3 is 2.50 bits per heavy atom. The Balaban J connectivity index is 2.30. The third-order valence-corrected chi connectivity index (χ3v) is 5.76. The second kappa shape index (κ2) is 5.59. The molecular weight excluding hydrogens is 270 g/mol. The van der Waals surface area contributed by atoms with Crippen molar-refractivity contribution in [2.75, 3.05) is 13.1 Å². The maximum Gasteiger partial charge on any atom is 0.243 e. The minimum Gasteiger partial charge on any atom is -0.207 e. The highest BCUT2D eigenvalue weighted by atomic mass is 35.5. The van der Waals surface area contributed by atoms with E-state index in [-0.39, 0.29) is 5.88 Å². The highest BCUT2D eigenvalue weighted by molar-refractivity contribution is 7.89. The summed E-state index contributed by atoms with van der Waals surface area (Å²) in [6.45, 7) is 3.39. The first-order valence-corrected chi connectivity index (χ1v) is 8.17. The molecule has 1 fully saturated rings. The number of alkyl halides is 1. The van der Waals surface area contributed by atoms with Gasteiger partial charge >= 0.3 is 0 Å². The first kappa shape index (κ1) is 13.8. The Bertz CT molecular complexity index is 507. The molecule has 1 heterocycles. The lowest BCUT2D eigenvalue weighted by atomic mass is 10.0. The van der Waals surface area contributed by atoms with Crippen LogP contribution >= 0.6 is 11.6 Å². The lowest BCUT2D eigenvalue weighted by Gasteiger charge is -2.29. The van der Waals surface area contributed by atoms with Gasteiger partial charge in [0, 0.05) is 19.0 Å². The summed E-state index contributed by atoms with van der Waals surface area (Å²) in [4.78, 5) is 0.356. The summed E-state index contributed by atoms with van der Waals surface area (Å²) in [5.41, 5.74) is 0.679. The first-order chi connectivity index (χ1) is 8.55. The number of sulfonamides is 1. The lowest BCUT2D eigenvalue weighted by molar-refractivity contribution is 0.288. The molecule has 0 aliphatic carbocycles. The Morgan fingerprint density at radius 1 is 1.28 bits per heavy atom. The quantitative estimate of drug-likeness (QED) is 0.802. The predicted molar refractivity (Wildman–Crippen MR) is 73.2 cm³/mol. The van der Waals surface area contributed by atoms with E-state index in [9.17, 15) is 8.42 Å². The molecule has 0 spiro atoms. The molecule has 1 aliphatic heterocycles. The van der Waals surface area contributed by atoms with Crippen LogP contribution in [0.4, 0.5) is 0 Å². The van der Waals surface area contributed by atoms with Gasteiger partial charge in [-0.15, -0.1) is 11.6 Å². The van der Waals surface area contributed by atoms with Gasteiger partial charge in [-0.3, -0.25) is 0 Å². The number of benzene rings is 1. The normalized spacial score (nSPS) is 19.0. The van der Waals surface area contributed by atoms with Gasteiger partial charge in [-0.2, -0.15) is 4.31 Å². The van der Waals surface area contributed by atoms with Gasteiger partial charge in [0.05, 0.1) is 4.90 Å². The highest BCUT2D eigenvalue weighted by Crippen LogP contribution is 2.26. The molecule has 0 bridgehead atoms. The summed E-state index contributed by atoms with van der Waals surface area (Å²) in [5.74, 6) is 0.833. The maximum absolute atomic E-state index is 12.5. The summed E-state index contributed by atoms with van der Waals surface area (Å²) >= 11 is 5.82.